The van der Waals surface area contributed by atoms with Crippen molar-refractivity contribution < 1.29 is 35.0 Å². The largest absolute Gasteiger partial charge is 0.367 e. The maximum atomic E-state index is 12.7. The second kappa shape index (κ2) is 14.4. The zero-order valence-corrected chi connectivity index (χ0v) is 29.0. The highest BCUT2D eigenvalue weighted by molar-refractivity contribution is 8.03. The fourth-order valence-corrected chi connectivity index (χ4v) is 8.83. The minimum absolute atomic E-state index is 0.177. The van der Waals surface area contributed by atoms with Crippen LogP contribution in [0.4, 0.5) is 5.69 Å². The van der Waals surface area contributed by atoms with E-state index in [1.807, 2.05) is 41.0 Å². The molecule has 1 N–H and O–H groups in total. The number of pyridine rings is 1. The van der Waals surface area contributed by atoms with Crippen LogP contribution in [0.3, 0.4) is 0 Å². The Kier molecular flexibility index (Phi) is 10.8. The summed E-state index contributed by atoms with van der Waals surface area (Å²) in [6, 6.07) is 16.4. The summed E-state index contributed by atoms with van der Waals surface area (Å²) in [7, 11) is -7.92. The van der Waals surface area contributed by atoms with E-state index in [4.69, 9.17) is 27.5 Å². The summed E-state index contributed by atoms with van der Waals surface area (Å²) >= 11 is 15.8. The molecule has 0 bridgehead atoms. The number of allylic oxidation sites excluding steroid dienone is 2. The number of anilines is 1. The van der Waals surface area contributed by atoms with E-state index in [2.05, 4.69) is 24.0 Å². The number of halogens is 2. The standard InChI is InChI=1S/C30H30Cl2N3O6S4/c1-2-22(18-29-34(14-6-16-44(36,37)38)25-20-23(31)8-10-27(25)42-29)19-30-35(26-21-24(32)9-11-28(26)43-30)15-7-17-45(39,40)41-33-12-4-3-5-13-33/h3-5,8-13,18-21H,2,6-7,14-17H2,1H3/q+1/p+1. The van der Waals surface area contributed by atoms with Crippen molar-refractivity contribution in [2.24, 2.45) is 0 Å². The van der Waals surface area contributed by atoms with Crippen LogP contribution in [0.5, 0.6) is 0 Å². The molecular formula is C30H31Cl2N3O6S4+2. The molecule has 1 aliphatic heterocycles. The van der Waals surface area contributed by atoms with Gasteiger partial charge in [0.15, 0.2) is 6.54 Å². The van der Waals surface area contributed by atoms with Crippen LogP contribution in [0, 0.1) is 0 Å². The number of aryl methyl sites for hydroxylation is 1. The van der Waals surface area contributed by atoms with Crippen LogP contribution in [0.15, 0.2) is 88.6 Å². The average Bonchev–Trinajstić information content (AvgIpc) is 3.48. The molecule has 0 spiro atoms. The van der Waals surface area contributed by atoms with Gasteiger partial charge in [0.2, 0.25) is 17.9 Å². The maximum absolute atomic E-state index is 12.7. The number of thiazole rings is 1. The molecular weight excluding hydrogens is 698 g/mol. The molecule has 45 heavy (non-hydrogen) atoms. The highest BCUT2D eigenvalue weighted by Gasteiger charge is 2.28. The van der Waals surface area contributed by atoms with Crippen LogP contribution in [-0.2, 0) is 26.8 Å². The topological polar surface area (TPSA) is 109 Å². The molecule has 1 aliphatic rings. The molecule has 3 heterocycles. The predicted molar refractivity (Wildman–Crippen MR) is 181 cm³/mol. The summed E-state index contributed by atoms with van der Waals surface area (Å²) in [6.07, 6.45) is 8.46. The smallest absolute Gasteiger partial charge is 0.335 e. The van der Waals surface area contributed by atoms with Crippen LogP contribution >= 0.6 is 46.3 Å². The highest BCUT2D eigenvalue weighted by atomic mass is 35.5. The van der Waals surface area contributed by atoms with Crippen molar-refractivity contribution in [1.82, 2.24) is 0 Å². The third kappa shape index (κ3) is 9.00. The van der Waals surface area contributed by atoms with Crippen molar-refractivity contribution in [3.63, 3.8) is 0 Å². The number of rotatable bonds is 13. The van der Waals surface area contributed by atoms with Gasteiger partial charge in [-0.15, -0.1) is 4.28 Å². The Bertz CT molecular complexity index is 1980. The van der Waals surface area contributed by atoms with Gasteiger partial charge >= 0.3 is 10.1 Å². The SMILES string of the molecule is CCC(=C\c1sc2ccc(Cl)cc2[n+]1CCCS(=O)(=O)O)/C=C1/Sc2ccc(Cl)cc2N1CCCS(=O)(=O)O[n+]1ccccc1. The Morgan fingerprint density at radius 3 is 2.47 bits per heavy atom. The third-order valence-electron chi connectivity index (χ3n) is 6.86. The highest BCUT2D eigenvalue weighted by Crippen LogP contribution is 2.47. The normalized spacial score (nSPS) is 14.8. The lowest BCUT2D eigenvalue weighted by molar-refractivity contribution is -0.856. The summed E-state index contributed by atoms with van der Waals surface area (Å²) in [5.74, 6) is -0.521. The van der Waals surface area contributed by atoms with Crippen LogP contribution < -0.4 is 18.5 Å². The van der Waals surface area contributed by atoms with E-state index in [0.29, 0.717) is 36.0 Å². The Morgan fingerprint density at radius 1 is 1.00 bits per heavy atom. The Labute approximate surface area is 281 Å². The van der Waals surface area contributed by atoms with E-state index >= 15 is 0 Å². The molecule has 0 fully saturated rings. The number of fused-ring (bicyclic) bond motifs is 2. The van der Waals surface area contributed by atoms with Gasteiger partial charge in [-0.05, 0) is 54.8 Å². The van der Waals surface area contributed by atoms with Gasteiger partial charge in [0, 0.05) is 56.9 Å². The van der Waals surface area contributed by atoms with Gasteiger partial charge in [-0.1, -0.05) is 59.3 Å². The van der Waals surface area contributed by atoms with E-state index in [-0.39, 0.29) is 17.9 Å². The predicted octanol–water partition coefficient (Wildman–Crippen LogP) is 6.16. The Morgan fingerprint density at radius 2 is 1.73 bits per heavy atom. The number of nitrogens with zero attached hydrogens (tertiary/aromatic N) is 3. The van der Waals surface area contributed by atoms with Crippen LogP contribution in [0.25, 0.3) is 16.3 Å². The summed E-state index contributed by atoms with van der Waals surface area (Å²) in [4.78, 5) is 3.09. The van der Waals surface area contributed by atoms with Gasteiger partial charge in [-0.2, -0.15) is 21.4 Å². The van der Waals surface area contributed by atoms with Crippen LogP contribution in [0.1, 0.15) is 31.2 Å². The van der Waals surface area contributed by atoms with Gasteiger partial charge in [0.25, 0.3) is 15.1 Å². The van der Waals surface area contributed by atoms with E-state index in [1.165, 1.54) is 12.4 Å². The fourth-order valence-electron chi connectivity index (χ4n) is 4.79. The number of hydrogen-bond donors (Lipinski definition) is 1. The third-order valence-corrected chi connectivity index (χ3v) is 11.5. The molecule has 238 valence electrons. The second-order valence-electron chi connectivity index (χ2n) is 10.2. The van der Waals surface area contributed by atoms with E-state index < -0.39 is 20.2 Å². The molecule has 15 heteroatoms. The molecule has 0 atom stereocenters. The fraction of sp³-hybridized carbons (Fsp3) is 0.267. The molecule has 0 saturated carbocycles. The molecule has 0 saturated heterocycles. The van der Waals surface area contributed by atoms with Gasteiger partial charge in [0.05, 0.1) is 22.2 Å². The van der Waals surface area contributed by atoms with E-state index in [9.17, 15) is 21.4 Å². The first-order chi connectivity index (χ1) is 21.4. The molecule has 2 aromatic heterocycles. The lowest BCUT2D eigenvalue weighted by Gasteiger charge is -2.20. The van der Waals surface area contributed by atoms with E-state index in [0.717, 1.165) is 41.1 Å². The molecule has 0 radical (unpaired) electrons. The van der Waals surface area contributed by atoms with Crippen LogP contribution in [-0.4, -0.2) is 39.4 Å². The van der Waals surface area contributed by atoms with Crippen LogP contribution in [0.2, 0.25) is 10.0 Å². The lowest BCUT2D eigenvalue weighted by atomic mass is 10.2. The lowest BCUT2D eigenvalue weighted by Crippen LogP contribution is -2.45. The van der Waals surface area contributed by atoms with Crippen molar-refractivity contribution in [2.75, 3.05) is 23.0 Å². The van der Waals surface area contributed by atoms with Gasteiger partial charge in [-0.25, -0.2) is 0 Å². The van der Waals surface area contributed by atoms with Gasteiger partial charge in [0.1, 0.15) is 4.70 Å². The molecule has 0 unspecified atom stereocenters. The zero-order chi connectivity index (χ0) is 32.2. The average molecular weight is 729 g/mol. The van der Waals surface area contributed by atoms with Gasteiger partial charge < -0.3 is 4.90 Å². The molecule has 5 rings (SSSR count). The minimum Gasteiger partial charge on any atom is -0.335 e. The molecule has 4 aromatic rings. The monoisotopic (exact) mass is 727 g/mol. The van der Waals surface area contributed by atoms with Crippen molar-refractivity contribution in [3.05, 3.63) is 98.7 Å². The Hall–Kier alpha value is -2.65. The minimum atomic E-state index is -4.09. The zero-order valence-electron chi connectivity index (χ0n) is 24.2. The molecule has 2 aromatic carbocycles. The first kappa shape index (κ1) is 33.7. The summed E-state index contributed by atoms with van der Waals surface area (Å²) in [5.41, 5.74) is 2.80. The van der Waals surface area contributed by atoms with E-state index in [1.54, 1.807) is 41.3 Å². The van der Waals surface area contributed by atoms with Crippen molar-refractivity contribution in [2.45, 2.75) is 37.6 Å². The van der Waals surface area contributed by atoms with Crippen molar-refractivity contribution in [1.29, 1.82) is 0 Å². The van der Waals surface area contributed by atoms with Gasteiger partial charge in [-0.3, -0.25) is 4.55 Å². The maximum Gasteiger partial charge on any atom is 0.367 e. The number of benzene rings is 2. The quantitative estimate of drug-likeness (QED) is 0.129. The second-order valence-corrected chi connectivity index (χ2v) is 16.4. The molecule has 0 amide bonds. The molecule has 0 aliphatic carbocycles. The summed E-state index contributed by atoms with van der Waals surface area (Å²) in [6.45, 7) is 2.85. The summed E-state index contributed by atoms with van der Waals surface area (Å²) < 4.78 is 66.8. The summed E-state index contributed by atoms with van der Waals surface area (Å²) in [5, 5.41) is 2.99. The Balaban J connectivity index is 1.43. The number of hydrogen-bond acceptors (Lipinski definition) is 8. The van der Waals surface area contributed by atoms with Crippen molar-refractivity contribution in [3.8, 4) is 0 Å². The first-order valence-corrected chi connectivity index (χ1v) is 19.6. The van der Waals surface area contributed by atoms with Crippen molar-refractivity contribution >= 4 is 88.5 Å². The number of thioether (sulfide) groups is 1. The first-order valence-electron chi connectivity index (χ1n) is 14.0. The number of aromatic nitrogens is 2. The molecule has 9 nitrogen and oxygen atoms in total.